The van der Waals surface area contributed by atoms with E-state index in [1.165, 1.54) is 0 Å². The first-order valence-electron chi connectivity index (χ1n) is 6.00. The molecule has 19 heavy (non-hydrogen) atoms. The number of amides is 2. The van der Waals surface area contributed by atoms with E-state index in [2.05, 4.69) is 21.2 Å². The lowest BCUT2D eigenvalue weighted by atomic mass is 10.0. The van der Waals surface area contributed by atoms with E-state index in [-0.39, 0.29) is 25.0 Å². The number of nitrogens with one attached hydrogen (secondary N) is 1. The van der Waals surface area contributed by atoms with Gasteiger partial charge in [0.2, 0.25) is 0 Å². The van der Waals surface area contributed by atoms with Crippen LogP contribution in [0.15, 0.2) is 22.7 Å². The number of aryl methyl sites for hydroxylation is 1. The Kier molecular flexibility index (Phi) is 4.09. The summed E-state index contributed by atoms with van der Waals surface area (Å²) in [5.74, 6) is -0.894. The number of hydrogen-bond donors (Lipinski definition) is 2. The predicted molar refractivity (Wildman–Crippen MR) is 74.0 cm³/mol. The van der Waals surface area contributed by atoms with Gasteiger partial charge in [0.05, 0.1) is 12.5 Å². The molecule has 1 aliphatic heterocycles. The molecular formula is C13H15BrN2O3. The molecule has 1 aliphatic rings. The zero-order chi connectivity index (χ0) is 14.0. The van der Waals surface area contributed by atoms with E-state index in [0.717, 1.165) is 15.6 Å². The quantitative estimate of drug-likeness (QED) is 0.891. The molecule has 2 N–H and O–H groups in total. The topological polar surface area (TPSA) is 69.6 Å². The van der Waals surface area contributed by atoms with E-state index >= 15 is 0 Å². The maximum atomic E-state index is 11.8. The highest BCUT2D eigenvalue weighted by molar-refractivity contribution is 9.10. The number of carbonyl (C=O) groups excluding carboxylic acids is 1. The molecule has 1 fully saturated rings. The molecule has 1 heterocycles. The highest BCUT2D eigenvalue weighted by Crippen LogP contribution is 2.26. The van der Waals surface area contributed by atoms with Crippen LogP contribution in [-0.2, 0) is 4.79 Å². The monoisotopic (exact) mass is 326 g/mol. The van der Waals surface area contributed by atoms with E-state index in [1.54, 1.807) is 4.90 Å². The number of carbonyl (C=O) groups is 2. The Morgan fingerprint density at radius 1 is 1.58 bits per heavy atom. The van der Waals surface area contributed by atoms with Gasteiger partial charge in [0.1, 0.15) is 0 Å². The second kappa shape index (κ2) is 5.61. The average Bonchev–Trinajstić information content (AvgIpc) is 2.71. The van der Waals surface area contributed by atoms with Gasteiger partial charge >= 0.3 is 12.0 Å². The number of carboxylic acids is 1. The summed E-state index contributed by atoms with van der Waals surface area (Å²) in [6.45, 7) is 2.74. The summed E-state index contributed by atoms with van der Waals surface area (Å²) in [5, 5.41) is 11.5. The number of urea groups is 1. The Morgan fingerprint density at radius 3 is 3.00 bits per heavy atom. The summed E-state index contributed by atoms with van der Waals surface area (Å²) in [7, 11) is 0. The second-order valence-electron chi connectivity index (χ2n) is 4.59. The fourth-order valence-corrected chi connectivity index (χ4v) is 2.55. The lowest BCUT2D eigenvalue weighted by Crippen LogP contribution is -2.30. The Bertz CT molecular complexity index is 519. The standard InChI is InChI=1S/C13H15BrN2O3/c1-8-2-3-9(14)6-10(8)11-7-16(13(19)15-11)5-4-12(17)18/h2-3,6,11H,4-5,7H2,1H3,(H,15,19)(H,17,18). The summed E-state index contributed by atoms with van der Waals surface area (Å²) >= 11 is 3.42. The molecular weight excluding hydrogens is 312 g/mol. The lowest BCUT2D eigenvalue weighted by molar-refractivity contribution is -0.137. The fraction of sp³-hybridized carbons (Fsp3) is 0.385. The smallest absolute Gasteiger partial charge is 0.318 e. The Hall–Kier alpha value is -1.56. The van der Waals surface area contributed by atoms with Crippen LogP contribution in [0.5, 0.6) is 0 Å². The van der Waals surface area contributed by atoms with Crippen LogP contribution < -0.4 is 5.32 Å². The van der Waals surface area contributed by atoms with Crippen LogP contribution in [0.1, 0.15) is 23.6 Å². The van der Waals surface area contributed by atoms with E-state index < -0.39 is 5.97 Å². The summed E-state index contributed by atoms with van der Waals surface area (Å²) in [6, 6.07) is 5.65. The lowest BCUT2D eigenvalue weighted by Gasteiger charge is -2.15. The molecule has 0 bridgehead atoms. The van der Waals surface area contributed by atoms with Crippen LogP contribution in [0, 0.1) is 6.92 Å². The van der Waals surface area contributed by atoms with Crippen LogP contribution in [0.2, 0.25) is 0 Å². The average molecular weight is 327 g/mol. The first-order valence-corrected chi connectivity index (χ1v) is 6.80. The molecule has 0 saturated carbocycles. The molecule has 0 aromatic heterocycles. The van der Waals surface area contributed by atoms with Crippen LogP contribution in [0.25, 0.3) is 0 Å². The zero-order valence-electron chi connectivity index (χ0n) is 10.5. The van der Waals surface area contributed by atoms with Gasteiger partial charge in [0.25, 0.3) is 0 Å². The molecule has 5 nitrogen and oxygen atoms in total. The molecule has 1 aromatic rings. The highest BCUT2D eigenvalue weighted by atomic mass is 79.9. The summed E-state index contributed by atoms with van der Waals surface area (Å²) < 4.78 is 0.964. The van der Waals surface area contributed by atoms with Crippen molar-refractivity contribution in [2.45, 2.75) is 19.4 Å². The first-order chi connectivity index (χ1) is 8.97. The van der Waals surface area contributed by atoms with Crippen molar-refractivity contribution in [1.29, 1.82) is 0 Å². The molecule has 102 valence electrons. The molecule has 0 spiro atoms. The van der Waals surface area contributed by atoms with Gasteiger partial charge in [0.15, 0.2) is 0 Å². The summed E-state index contributed by atoms with van der Waals surface area (Å²) in [5.41, 5.74) is 2.16. The minimum Gasteiger partial charge on any atom is -0.481 e. The van der Waals surface area contributed by atoms with E-state index in [4.69, 9.17) is 5.11 Å². The van der Waals surface area contributed by atoms with Crippen molar-refractivity contribution in [3.63, 3.8) is 0 Å². The minimum absolute atomic E-state index is 0.0302. The summed E-state index contributed by atoms with van der Waals surface area (Å²) in [4.78, 5) is 23.9. The van der Waals surface area contributed by atoms with Gasteiger partial charge in [-0.25, -0.2) is 4.79 Å². The maximum absolute atomic E-state index is 11.8. The SMILES string of the molecule is Cc1ccc(Br)cc1C1CN(CCC(=O)O)C(=O)N1. The molecule has 0 aliphatic carbocycles. The van der Waals surface area contributed by atoms with Crippen LogP contribution in [0.4, 0.5) is 4.79 Å². The van der Waals surface area contributed by atoms with Crippen LogP contribution in [0.3, 0.4) is 0 Å². The van der Waals surface area contributed by atoms with E-state index in [1.807, 2.05) is 25.1 Å². The van der Waals surface area contributed by atoms with Crippen molar-refractivity contribution in [2.75, 3.05) is 13.1 Å². The number of rotatable bonds is 4. The Balaban J connectivity index is 2.09. The number of hydrogen-bond acceptors (Lipinski definition) is 2. The molecule has 1 unspecified atom stereocenters. The Labute approximate surface area is 119 Å². The van der Waals surface area contributed by atoms with E-state index in [9.17, 15) is 9.59 Å². The van der Waals surface area contributed by atoms with Crippen LogP contribution in [-0.4, -0.2) is 35.1 Å². The van der Waals surface area contributed by atoms with Crippen molar-refractivity contribution < 1.29 is 14.7 Å². The minimum atomic E-state index is -0.894. The number of benzene rings is 1. The fourth-order valence-electron chi connectivity index (χ4n) is 2.18. The molecule has 1 atom stereocenters. The second-order valence-corrected chi connectivity index (χ2v) is 5.51. The predicted octanol–water partition coefficient (Wildman–Crippen LogP) is 2.30. The molecule has 2 amide bonds. The number of aliphatic carboxylic acids is 1. The molecule has 1 aromatic carbocycles. The molecule has 0 radical (unpaired) electrons. The largest absolute Gasteiger partial charge is 0.481 e. The van der Waals surface area contributed by atoms with Crippen molar-refractivity contribution in [3.8, 4) is 0 Å². The van der Waals surface area contributed by atoms with Gasteiger partial charge in [-0.2, -0.15) is 0 Å². The zero-order valence-corrected chi connectivity index (χ0v) is 12.1. The van der Waals surface area contributed by atoms with E-state index in [0.29, 0.717) is 6.54 Å². The molecule has 2 rings (SSSR count). The number of carboxylic acid groups (broad SMARTS) is 1. The van der Waals surface area contributed by atoms with Crippen molar-refractivity contribution in [2.24, 2.45) is 0 Å². The number of nitrogens with zero attached hydrogens (tertiary/aromatic N) is 1. The van der Waals surface area contributed by atoms with Crippen LogP contribution >= 0.6 is 15.9 Å². The maximum Gasteiger partial charge on any atom is 0.318 e. The first kappa shape index (κ1) is 13.9. The van der Waals surface area contributed by atoms with Crippen molar-refractivity contribution >= 4 is 27.9 Å². The van der Waals surface area contributed by atoms with Gasteiger partial charge in [-0.1, -0.05) is 22.0 Å². The van der Waals surface area contributed by atoms with Gasteiger partial charge in [-0.05, 0) is 30.2 Å². The van der Waals surface area contributed by atoms with Crippen molar-refractivity contribution in [1.82, 2.24) is 10.2 Å². The normalized spacial score (nSPS) is 18.5. The summed E-state index contributed by atoms with van der Waals surface area (Å²) in [6.07, 6.45) is -0.0302. The number of halogens is 1. The highest BCUT2D eigenvalue weighted by Gasteiger charge is 2.30. The molecule has 1 saturated heterocycles. The van der Waals surface area contributed by atoms with Crippen molar-refractivity contribution in [3.05, 3.63) is 33.8 Å². The molecule has 6 heteroatoms. The van der Waals surface area contributed by atoms with Gasteiger partial charge in [-0.15, -0.1) is 0 Å². The van der Waals surface area contributed by atoms with Gasteiger partial charge in [0, 0.05) is 17.6 Å². The van der Waals surface area contributed by atoms with Gasteiger partial charge < -0.3 is 15.3 Å². The third kappa shape index (κ3) is 3.26. The third-order valence-electron chi connectivity index (χ3n) is 3.20. The third-order valence-corrected chi connectivity index (χ3v) is 3.69. The van der Waals surface area contributed by atoms with Gasteiger partial charge in [-0.3, -0.25) is 4.79 Å². The Morgan fingerprint density at radius 2 is 2.32 bits per heavy atom.